The van der Waals surface area contributed by atoms with E-state index in [1.807, 2.05) is 12.1 Å². The maximum atomic E-state index is 10.8. The molecule has 10 heavy (non-hydrogen) atoms. The van der Waals surface area contributed by atoms with E-state index in [2.05, 4.69) is 0 Å². The molecular weight excluding hydrogens is 148 g/mol. The molecule has 0 aliphatic heterocycles. The number of rotatable bonds is 0. The molecule has 0 atom stereocenters. The minimum Gasteiger partial charge on any atom is -0.294 e. The van der Waals surface area contributed by atoms with E-state index in [4.69, 9.17) is 11.6 Å². The number of fused-ring (bicyclic) bond motifs is 1. The first kappa shape index (κ1) is 5.93. The van der Waals surface area contributed by atoms with Crippen LogP contribution in [0.1, 0.15) is 15.9 Å². The van der Waals surface area contributed by atoms with Crippen molar-refractivity contribution in [2.75, 3.05) is 0 Å². The average Bonchev–Trinajstić information content (AvgIpc) is 1.92. The molecule has 1 aliphatic carbocycles. The fraction of sp³-hybridized carbons (Fsp3) is 0.125. The highest BCUT2D eigenvalue weighted by Crippen LogP contribution is 2.25. The summed E-state index contributed by atoms with van der Waals surface area (Å²) in [5.41, 5.74) is 1.92. The molecule has 0 unspecified atom stereocenters. The van der Waals surface area contributed by atoms with Gasteiger partial charge in [-0.3, -0.25) is 4.79 Å². The minimum atomic E-state index is 0.206. The summed E-state index contributed by atoms with van der Waals surface area (Å²) in [7, 11) is 0. The van der Waals surface area contributed by atoms with E-state index in [0.717, 1.165) is 11.1 Å². The van der Waals surface area contributed by atoms with Crippen LogP contribution in [0.5, 0.6) is 0 Å². The number of benzene rings is 1. The van der Waals surface area contributed by atoms with Crippen molar-refractivity contribution in [1.82, 2.24) is 0 Å². The lowest BCUT2D eigenvalue weighted by molar-refractivity contribution is 0.0968. The third kappa shape index (κ3) is 0.673. The van der Waals surface area contributed by atoms with Gasteiger partial charge in [0.25, 0.3) is 0 Å². The summed E-state index contributed by atoms with van der Waals surface area (Å²) in [5, 5.41) is 0.645. The van der Waals surface area contributed by atoms with Crippen molar-refractivity contribution < 1.29 is 4.79 Å². The lowest BCUT2D eigenvalue weighted by Crippen LogP contribution is -2.17. The Morgan fingerprint density at radius 1 is 1.40 bits per heavy atom. The van der Waals surface area contributed by atoms with Crippen LogP contribution >= 0.6 is 11.6 Å². The second kappa shape index (κ2) is 1.83. The third-order valence-electron chi connectivity index (χ3n) is 1.72. The number of hydrogen-bond acceptors (Lipinski definition) is 1. The zero-order valence-corrected chi connectivity index (χ0v) is 5.98. The van der Waals surface area contributed by atoms with Gasteiger partial charge in [0.1, 0.15) is 0 Å². The van der Waals surface area contributed by atoms with Gasteiger partial charge in [-0.25, -0.2) is 0 Å². The maximum Gasteiger partial charge on any atom is 0.167 e. The monoisotopic (exact) mass is 152 g/mol. The Hall–Kier alpha value is -0.820. The number of ketones is 1. The Balaban J connectivity index is 2.61. The zero-order chi connectivity index (χ0) is 7.14. The lowest BCUT2D eigenvalue weighted by Gasteiger charge is -2.15. The second-order valence-corrected chi connectivity index (χ2v) is 2.84. The van der Waals surface area contributed by atoms with Crippen LogP contribution in [0.25, 0.3) is 0 Å². The smallest absolute Gasteiger partial charge is 0.167 e. The molecule has 0 bridgehead atoms. The van der Waals surface area contributed by atoms with Crippen molar-refractivity contribution in [1.29, 1.82) is 0 Å². The van der Waals surface area contributed by atoms with Gasteiger partial charge in [-0.1, -0.05) is 17.7 Å². The van der Waals surface area contributed by atoms with E-state index in [-0.39, 0.29) is 5.78 Å². The fourth-order valence-electron chi connectivity index (χ4n) is 1.12. The Kier molecular flexibility index (Phi) is 1.08. The first-order valence-corrected chi connectivity index (χ1v) is 3.47. The molecule has 0 fully saturated rings. The van der Waals surface area contributed by atoms with Crippen molar-refractivity contribution in [3.8, 4) is 0 Å². The van der Waals surface area contributed by atoms with E-state index in [1.165, 1.54) is 0 Å². The quantitative estimate of drug-likeness (QED) is 0.556. The topological polar surface area (TPSA) is 17.1 Å². The molecule has 1 nitrogen and oxygen atoms in total. The van der Waals surface area contributed by atoms with Crippen LogP contribution in [0.3, 0.4) is 0 Å². The minimum absolute atomic E-state index is 0.206. The van der Waals surface area contributed by atoms with Crippen LogP contribution in [0.4, 0.5) is 0 Å². The van der Waals surface area contributed by atoms with Crippen LogP contribution in [0.15, 0.2) is 18.2 Å². The van der Waals surface area contributed by atoms with Crippen molar-refractivity contribution in [2.24, 2.45) is 0 Å². The van der Waals surface area contributed by atoms with Gasteiger partial charge < -0.3 is 0 Å². The van der Waals surface area contributed by atoms with E-state index >= 15 is 0 Å². The summed E-state index contributed by atoms with van der Waals surface area (Å²) >= 11 is 5.66. The molecular formula is C8H5ClO. The fourth-order valence-corrected chi connectivity index (χ4v) is 1.30. The molecule has 2 rings (SSSR count). The second-order valence-electron chi connectivity index (χ2n) is 2.40. The summed E-state index contributed by atoms with van der Waals surface area (Å²) in [6, 6.07) is 5.44. The highest BCUT2D eigenvalue weighted by atomic mass is 35.5. The van der Waals surface area contributed by atoms with Gasteiger partial charge >= 0.3 is 0 Å². The molecule has 1 aromatic carbocycles. The summed E-state index contributed by atoms with van der Waals surface area (Å²) < 4.78 is 0. The molecule has 0 aromatic heterocycles. The van der Waals surface area contributed by atoms with Crippen LogP contribution < -0.4 is 0 Å². The van der Waals surface area contributed by atoms with Crippen LogP contribution in [0.2, 0.25) is 5.02 Å². The Morgan fingerprint density at radius 3 is 2.80 bits per heavy atom. The molecule has 50 valence electrons. The molecule has 0 radical (unpaired) electrons. The first-order valence-electron chi connectivity index (χ1n) is 3.09. The van der Waals surface area contributed by atoms with Gasteiger partial charge in [0.2, 0.25) is 0 Å². The number of halogens is 1. The predicted molar refractivity (Wildman–Crippen MR) is 39.5 cm³/mol. The highest BCUT2D eigenvalue weighted by molar-refractivity contribution is 6.31. The van der Waals surface area contributed by atoms with Crippen molar-refractivity contribution in [3.63, 3.8) is 0 Å². The normalized spacial score (nSPS) is 14.3. The molecule has 0 saturated heterocycles. The summed E-state index contributed by atoms with van der Waals surface area (Å²) in [6.45, 7) is 0. The van der Waals surface area contributed by atoms with Crippen molar-refractivity contribution in [3.05, 3.63) is 34.3 Å². The molecule has 0 saturated carbocycles. The molecule has 0 N–H and O–H groups in total. The maximum absolute atomic E-state index is 10.8. The molecule has 1 aromatic rings. The number of carbonyl (C=O) groups is 1. The van der Waals surface area contributed by atoms with Crippen molar-refractivity contribution >= 4 is 17.4 Å². The first-order chi connectivity index (χ1) is 4.77. The Bertz CT molecular complexity index is 304. The molecule has 0 amide bonds. The predicted octanol–water partition coefficient (Wildman–Crippen LogP) is 2.08. The van der Waals surface area contributed by atoms with Gasteiger partial charge in [0, 0.05) is 17.0 Å². The Morgan fingerprint density at radius 2 is 2.20 bits per heavy atom. The number of carbonyl (C=O) groups excluding carboxylic acids is 1. The largest absolute Gasteiger partial charge is 0.294 e. The molecule has 1 aliphatic rings. The van der Waals surface area contributed by atoms with Gasteiger partial charge in [-0.05, 0) is 17.7 Å². The standard InChI is InChI=1S/C8H5ClO/c9-6-2-1-5-3-8(10)7(5)4-6/h1-2,4H,3H2. The van der Waals surface area contributed by atoms with Crippen LogP contribution in [-0.4, -0.2) is 5.78 Å². The van der Waals surface area contributed by atoms with Crippen molar-refractivity contribution in [2.45, 2.75) is 6.42 Å². The van der Waals surface area contributed by atoms with E-state index in [1.54, 1.807) is 6.07 Å². The Labute approximate surface area is 63.6 Å². The van der Waals surface area contributed by atoms with E-state index in [9.17, 15) is 4.79 Å². The molecule has 0 heterocycles. The zero-order valence-electron chi connectivity index (χ0n) is 5.23. The van der Waals surface area contributed by atoms with E-state index in [0.29, 0.717) is 11.4 Å². The van der Waals surface area contributed by atoms with E-state index < -0.39 is 0 Å². The summed E-state index contributed by atoms with van der Waals surface area (Å²) in [4.78, 5) is 10.8. The lowest BCUT2D eigenvalue weighted by atomic mass is 9.87. The van der Waals surface area contributed by atoms with Gasteiger partial charge in [-0.15, -0.1) is 0 Å². The summed E-state index contributed by atoms with van der Waals surface area (Å²) in [6.07, 6.45) is 0.590. The number of Topliss-reactive ketones (excluding diaryl/α,β-unsaturated/α-hetero) is 1. The van der Waals surface area contributed by atoms with Crippen LogP contribution in [-0.2, 0) is 6.42 Å². The summed E-state index contributed by atoms with van der Waals surface area (Å²) in [5.74, 6) is 0.206. The SMILES string of the molecule is O=C1Cc2ccc(Cl)cc21. The van der Waals surface area contributed by atoms with Crippen LogP contribution in [0, 0.1) is 0 Å². The average molecular weight is 153 g/mol. The third-order valence-corrected chi connectivity index (χ3v) is 1.96. The number of hydrogen-bond donors (Lipinski definition) is 0. The molecule has 0 spiro atoms. The van der Waals surface area contributed by atoms with Gasteiger partial charge in [0.05, 0.1) is 0 Å². The highest BCUT2D eigenvalue weighted by Gasteiger charge is 2.22. The van der Waals surface area contributed by atoms with Gasteiger partial charge in [0.15, 0.2) is 5.78 Å². The molecule has 2 heteroatoms. The van der Waals surface area contributed by atoms with Gasteiger partial charge in [-0.2, -0.15) is 0 Å².